The van der Waals surface area contributed by atoms with Gasteiger partial charge in [0.2, 0.25) is 11.8 Å². The molecule has 0 radical (unpaired) electrons. The molecule has 0 aliphatic rings. The van der Waals surface area contributed by atoms with Crippen molar-refractivity contribution >= 4 is 26.1 Å². The van der Waals surface area contributed by atoms with Crippen molar-refractivity contribution in [1.82, 2.24) is 10.6 Å². The molecule has 0 aliphatic carbocycles. The SMILES string of the molecule is CC(=O)N[C@H](Cc1cccc(F)c1)C(=O)N[C@H](CCO[Si](C)(C)C(C)(C)C)C(=O)O. The standard InChI is InChI=1S/C21H33FN2O5Si/c1-14(25)23-18(13-15-8-7-9-16(22)12-15)19(26)24-17(20(27)28)10-11-29-30(5,6)21(2,3)4/h7-9,12,17-18H,10-11,13H2,1-6H3,(H,23,25)(H,24,26)(H,27,28)/t17-,18-/m1/s1. The Labute approximate surface area is 178 Å². The molecule has 30 heavy (non-hydrogen) atoms. The zero-order valence-corrected chi connectivity index (χ0v) is 19.5. The smallest absolute Gasteiger partial charge is 0.326 e. The fourth-order valence-corrected chi connectivity index (χ4v) is 3.59. The predicted molar refractivity (Wildman–Crippen MR) is 115 cm³/mol. The maximum Gasteiger partial charge on any atom is 0.326 e. The van der Waals surface area contributed by atoms with Gasteiger partial charge < -0.3 is 20.2 Å². The van der Waals surface area contributed by atoms with E-state index in [2.05, 4.69) is 44.5 Å². The van der Waals surface area contributed by atoms with Crippen LogP contribution in [0.4, 0.5) is 4.39 Å². The number of rotatable bonds is 10. The van der Waals surface area contributed by atoms with Crippen LogP contribution in [0.1, 0.15) is 39.7 Å². The molecule has 7 nitrogen and oxygen atoms in total. The van der Waals surface area contributed by atoms with Crippen LogP contribution in [0, 0.1) is 5.82 Å². The number of halogens is 1. The van der Waals surface area contributed by atoms with Crippen LogP contribution in [-0.4, -0.2) is 49.9 Å². The van der Waals surface area contributed by atoms with Gasteiger partial charge in [-0.05, 0) is 35.8 Å². The Balaban J connectivity index is 2.81. The molecule has 0 unspecified atom stereocenters. The van der Waals surface area contributed by atoms with Gasteiger partial charge in [-0.2, -0.15) is 0 Å². The number of hydrogen-bond acceptors (Lipinski definition) is 4. The summed E-state index contributed by atoms with van der Waals surface area (Å²) >= 11 is 0. The van der Waals surface area contributed by atoms with Crippen molar-refractivity contribution in [2.75, 3.05) is 6.61 Å². The topological polar surface area (TPSA) is 105 Å². The van der Waals surface area contributed by atoms with Gasteiger partial charge in [0.1, 0.15) is 17.9 Å². The van der Waals surface area contributed by atoms with E-state index in [0.29, 0.717) is 5.56 Å². The predicted octanol–water partition coefficient (Wildman–Crippen LogP) is 2.85. The third-order valence-electron chi connectivity index (χ3n) is 5.31. The minimum atomic E-state index is -2.04. The molecule has 3 N–H and O–H groups in total. The van der Waals surface area contributed by atoms with Gasteiger partial charge >= 0.3 is 5.97 Å². The van der Waals surface area contributed by atoms with Crippen LogP contribution < -0.4 is 10.6 Å². The van der Waals surface area contributed by atoms with E-state index < -0.39 is 44.0 Å². The first-order chi connectivity index (χ1) is 13.7. The monoisotopic (exact) mass is 440 g/mol. The zero-order chi connectivity index (χ0) is 23.1. The summed E-state index contributed by atoms with van der Waals surface area (Å²) in [7, 11) is -2.04. The zero-order valence-electron chi connectivity index (χ0n) is 18.5. The molecule has 0 saturated heterocycles. The van der Waals surface area contributed by atoms with Crippen molar-refractivity contribution in [1.29, 1.82) is 0 Å². The lowest BCUT2D eigenvalue weighted by molar-refractivity contribution is -0.142. The summed E-state index contributed by atoms with van der Waals surface area (Å²) in [4.78, 5) is 35.8. The van der Waals surface area contributed by atoms with Crippen molar-refractivity contribution in [3.63, 3.8) is 0 Å². The van der Waals surface area contributed by atoms with Gasteiger partial charge in [0.05, 0.1) is 0 Å². The summed E-state index contributed by atoms with van der Waals surface area (Å²) < 4.78 is 19.4. The Kier molecular flexibility index (Phi) is 9.17. The van der Waals surface area contributed by atoms with Crippen molar-refractivity contribution in [2.24, 2.45) is 0 Å². The van der Waals surface area contributed by atoms with Crippen molar-refractivity contribution in [3.8, 4) is 0 Å². The normalized spacial score (nSPS) is 14.0. The highest BCUT2D eigenvalue weighted by Crippen LogP contribution is 2.36. The molecular weight excluding hydrogens is 407 g/mol. The Bertz CT molecular complexity index is 764. The first kappa shape index (κ1) is 25.8. The van der Waals surface area contributed by atoms with Crippen molar-refractivity contribution < 1.29 is 28.3 Å². The van der Waals surface area contributed by atoms with Crippen LogP contribution in [-0.2, 0) is 25.2 Å². The molecule has 1 aromatic carbocycles. The summed E-state index contributed by atoms with van der Waals surface area (Å²) in [6, 6.07) is 3.50. The molecule has 0 bridgehead atoms. The second kappa shape index (κ2) is 10.7. The highest BCUT2D eigenvalue weighted by Gasteiger charge is 2.37. The van der Waals surface area contributed by atoms with E-state index in [-0.39, 0.29) is 24.5 Å². The van der Waals surface area contributed by atoms with E-state index in [4.69, 9.17) is 4.43 Å². The lowest BCUT2D eigenvalue weighted by Gasteiger charge is -2.36. The Morgan fingerprint density at radius 3 is 2.30 bits per heavy atom. The lowest BCUT2D eigenvalue weighted by Crippen LogP contribution is -2.52. The van der Waals surface area contributed by atoms with E-state index in [1.807, 2.05) is 0 Å². The molecule has 0 aliphatic heterocycles. The molecule has 0 aromatic heterocycles. The number of benzene rings is 1. The van der Waals surface area contributed by atoms with Gasteiger partial charge in [0.25, 0.3) is 0 Å². The number of hydrogen-bond donors (Lipinski definition) is 3. The van der Waals surface area contributed by atoms with Gasteiger partial charge in [-0.15, -0.1) is 0 Å². The molecule has 0 heterocycles. The Morgan fingerprint density at radius 2 is 1.80 bits per heavy atom. The van der Waals surface area contributed by atoms with Crippen molar-refractivity contribution in [3.05, 3.63) is 35.6 Å². The second-order valence-electron chi connectivity index (χ2n) is 8.88. The number of carboxylic acids is 1. The van der Waals surface area contributed by atoms with E-state index >= 15 is 0 Å². The number of nitrogens with one attached hydrogen (secondary N) is 2. The molecule has 0 fully saturated rings. The number of carbonyl (C=O) groups is 3. The maximum absolute atomic E-state index is 13.4. The molecule has 9 heteroatoms. The number of amides is 2. The summed E-state index contributed by atoms with van der Waals surface area (Å²) in [5.74, 6) is -2.73. The first-order valence-electron chi connectivity index (χ1n) is 9.91. The van der Waals surface area contributed by atoms with Crippen LogP contribution >= 0.6 is 0 Å². The number of aliphatic carboxylic acids is 1. The van der Waals surface area contributed by atoms with Crippen molar-refractivity contribution in [2.45, 2.75) is 70.8 Å². The largest absolute Gasteiger partial charge is 0.480 e. The van der Waals surface area contributed by atoms with E-state index in [1.165, 1.54) is 25.1 Å². The third-order valence-corrected chi connectivity index (χ3v) is 9.85. The molecule has 1 aromatic rings. The van der Waals surface area contributed by atoms with E-state index in [0.717, 1.165) is 0 Å². The molecule has 2 amide bonds. The quantitative estimate of drug-likeness (QED) is 0.485. The summed E-state index contributed by atoms with van der Waals surface area (Å²) in [5, 5.41) is 14.5. The van der Waals surface area contributed by atoms with Crippen LogP contribution in [0.5, 0.6) is 0 Å². The molecule has 0 spiro atoms. The van der Waals surface area contributed by atoms with Crippen LogP contribution in [0.3, 0.4) is 0 Å². The number of carboxylic acid groups (broad SMARTS) is 1. The van der Waals surface area contributed by atoms with Gasteiger partial charge in [-0.25, -0.2) is 9.18 Å². The van der Waals surface area contributed by atoms with Gasteiger partial charge in [-0.3, -0.25) is 9.59 Å². The van der Waals surface area contributed by atoms with Gasteiger partial charge in [-0.1, -0.05) is 32.9 Å². The van der Waals surface area contributed by atoms with Gasteiger partial charge in [0.15, 0.2) is 8.32 Å². The molecule has 0 saturated carbocycles. The van der Waals surface area contributed by atoms with Crippen LogP contribution in [0.25, 0.3) is 0 Å². The fourth-order valence-electron chi connectivity index (χ4n) is 2.53. The van der Waals surface area contributed by atoms with Gasteiger partial charge in [0, 0.05) is 26.4 Å². The van der Waals surface area contributed by atoms with E-state index in [9.17, 15) is 23.9 Å². The first-order valence-corrected chi connectivity index (χ1v) is 12.8. The summed E-state index contributed by atoms with van der Waals surface area (Å²) in [5.41, 5.74) is 0.511. The average Bonchev–Trinajstić information content (AvgIpc) is 2.58. The average molecular weight is 441 g/mol. The second-order valence-corrected chi connectivity index (χ2v) is 13.7. The van der Waals surface area contributed by atoms with Crippen LogP contribution in [0.2, 0.25) is 18.1 Å². The van der Waals surface area contributed by atoms with E-state index in [1.54, 1.807) is 6.07 Å². The maximum atomic E-state index is 13.4. The third kappa shape index (κ3) is 8.23. The Morgan fingerprint density at radius 1 is 1.17 bits per heavy atom. The minimum Gasteiger partial charge on any atom is -0.480 e. The fraction of sp³-hybridized carbons (Fsp3) is 0.571. The molecule has 168 valence electrons. The molecule has 1 rings (SSSR count). The number of carbonyl (C=O) groups excluding carboxylic acids is 2. The highest BCUT2D eigenvalue weighted by atomic mass is 28.4. The summed E-state index contributed by atoms with van der Waals surface area (Å²) in [6.07, 6.45) is 0.135. The Hall–Kier alpha value is -2.26. The minimum absolute atomic E-state index is 0.0174. The molecule has 2 atom stereocenters. The lowest BCUT2D eigenvalue weighted by atomic mass is 10.0. The molecular formula is C21H33FN2O5Si. The highest BCUT2D eigenvalue weighted by molar-refractivity contribution is 6.74. The van der Waals surface area contributed by atoms with Crippen LogP contribution in [0.15, 0.2) is 24.3 Å². The summed E-state index contributed by atoms with van der Waals surface area (Å²) in [6.45, 7) is 11.8.